The van der Waals surface area contributed by atoms with E-state index in [9.17, 15) is 0 Å². The molecule has 1 fully saturated rings. The number of hydrogen-bond acceptors (Lipinski definition) is 3. The lowest BCUT2D eigenvalue weighted by molar-refractivity contribution is 0.440. The van der Waals surface area contributed by atoms with E-state index in [-0.39, 0.29) is 0 Å². The summed E-state index contributed by atoms with van der Waals surface area (Å²) in [4.78, 5) is 0. The zero-order chi connectivity index (χ0) is 13.2. The Bertz CT molecular complexity index is 567. The van der Waals surface area contributed by atoms with Gasteiger partial charge in [0.05, 0.1) is 5.69 Å². The van der Waals surface area contributed by atoms with Crippen LogP contribution in [0, 0.1) is 13.8 Å². The lowest BCUT2D eigenvalue weighted by Gasteiger charge is -2.22. The standard InChI is InChI=1S/C15H20N4/c1-11-3-4-14(12(2)9-11)19-10-17-18-15(19)13-5-7-16-8-6-13/h3-4,9-10,13,16H,5-8H2,1-2H3. The van der Waals surface area contributed by atoms with Crippen LogP contribution in [0.2, 0.25) is 0 Å². The second kappa shape index (κ2) is 5.13. The maximum absolute atomic E-state index is 4.36. The van der Waals surface area contributed by atoms with Crippen LogP contribution in [0.1, 0.15) is 35.7 Å². The van der Waals surface area contributed by atoms with Gasteiger partial charge in [-0.2, -0.15) is 0 Å². The van der Waals surface area contributed by atoms with Crippen molar-refractivity contribution in [3.05, 3.63) is 41.5 Å². The second-order valence-corrected chi connectivity index (χ2v) is 5.37. The molecule has 1 aromatic heterocycles. The molecule has 0 aliphatic carbocycles. The molecule has 100 valence electrons. The van der Waals surface area contributed by atoms with Crippen LogP contribution < -0.4 is 5.32 Å². The molecular weight excluding hydrogens is 236 g/mol. The van der Waals surface area contributed by atoms with Crippen molar-refractivity contribution in [1.29, 1.82) is 0 Å². The minimum atomic E-state index is 0.518. The summed E-state index contributed by atoms with van der Waals surface area (Å²) in [5.74, 6) is 1.62. The van der Waals surface area contributed by atoms with Gasteiger partial charge in [-0.25, -0.2) is 0 Å². The molecule has 2 heterocycles. The van der Waals surface area contributed by atoms with Gasteiger partial charge in [0.15, 0.2) is 0 Å². The van der Waals surface area contributed by atoms with Crippen LogP contribution in [0.25, 0.3) is 5.69 Å². The number of nitrogens with one attached hydrogen (secondary N) is 1. The Morgan fingerprint density at radius 1 is 1.21 bits per heavy atom. The Kier molecular flexibility index (Phi) is 3.34. The monoisotopic (exact) mass is 256 g/mol. The molecule has 0 radical (unpaired) electrons. The largest absolute Gasteiger partial charge is 0.317 e. The van der Waals surface area contributed by atoms with Crippen LogP contribution in [-0.2, 0) is 0 Å². The normalized spacial score (nSPS) is 16.7. The minimum absolute atomic E-state index is 0.518. The van der Waals surface area contributed by atoms with Crippen molar-refractivity contribution in [3.8, 4) is 5.69 Å². The van der Waals surface area contributed by atoms with Gasteiger partial charge in [-0.3, -0.25) is 4.57 Å². The molecule has 4 nitrogen and oxygen atoms in total. The van der Waals surface area contributed by atoms with Crippen LogP contribution in [-0.4, -0.2) is 27.9 Å². The number of aryl methyl sites for hydroxylation is 2. The van der Waals surface area contributed by atoms with Crippen molar-refractivity contribution < 1.29 is 0 Å². The topological polar surface area (TPSA) is 42.7 Å². The van der Waals surface area contributed by atoms with E-state index < -0.39 is 0 Å². The van der Waals surface area contributed by atoms with Gasteiger partial charge >= 0.3 is 0 Å². The number of hydrogen-bond donors (Lipinski definition) is 1. The first-order valence-corrected chi connectivity index (χ1v) is 6.94. The van der Waals surface area contributed by atoms with Gasteiger partial charge in [-0.05, 0) is 51.4 Å². The van der Waals surface area contributed by atoms with Crippen molar-refractivity contribution in [2.75, 3.05) is 13.1 Å². The summed E-state index contributed by atoms with van der Waals surface area (Å²) in [6, 6.07) is 6.52. The first-order chi connectivity index (χ1) is 9.25. The molecule has 4 heteroatoms. The third-order valence-electron chi connectivity index (χ3n) is 3.89. The van der Waals surface area contributed by atoms with Crippen LogP contribution in [0.4, 0.5) is 0 Å². The number of nitrogens with zero attached hydrogens (tertiary/aromatic N) is 3. The molecule has 0 spiro atoms. The molecule has 1 aromatic carbocycles. The maximum atomic E-state index is 4.36. The molecule has 0 amide bonds. The number of benzene rings is 1. The summed E-state index contributed by atoms with van der Waals surface area (Å²) in [6.45, 7) is 6.42. The van der Waals surface area contributed by atoms with Crippen molar-refractivity contribution >= 4 is 0 Å². The molecule has 0 saturated carbocycles. The molecule has 0 atom stereocenters. The highest BCUT2D eigenvalue weighted by Crippen LogP contribution is 2.26. The van der Waals surface area contributed by atoms with E-state index in [1.54, 1.807) is 0 Å². The maximum Gasteiger partial charge on any atom is 0.140 e. The van der Waals surface area contributed by atoms with E-state index in [1.165, 1.54) is 16.8 Å². The fraction of sp³-hybridized carbons (Fsp3) is 0.467. The predicted molar refractivity (Wildman–Crippen MR) is 75.7 cm³/mol. The molecule has 2 aromatic rings. The van der Waals surface area contributed by atoms with Gasteiger partial charge in [0, 0.05) is 5.92 Å². The molecule has 1 N–H and O–H groups in total. The van der Waals surface area contributed by atoms with Gasteiger partial charge in [0.25, 0.3) is 0 Å². The zero-order valence-corrected chi connectivity index (χ0v) is 11.6. The van der Waals surface area contributed by atoms with Crippen molar-refractivity contribution in [1.82, 2.24) is 20.1 Å². The highest BCUT2D eigenvalue weighted by Gasteiger charge is 2.21. The molecule has 1 saturated heterocycles. The van der Waals surface area contributed by atoms with Gasteiger partial charge in [-0.1, -0.05) is 17.7 Å². The smallest absolute Gasteiger partial charge is 0.140 e. The average Bonchev–Trinajstić information content (AvgIpc) is 2.89. The Morgan fingerprint density at radius 2 is 2.00 bits per heavy atom. The quantitative estimate of drug-likeness (QED) is 0.897. The summed E-state index contributed by atoms with van der Waals surface area (Å²) < 4.78 is 2.16. The lowest BCUT2D eigenvalue weighted by atomic mass is 9.97. The van der Waals surface area contributed by atoms with Gasteiger partial charge in [-0.15, -0.1) is 10.2 Å². The molecule has 3 rings (SSSR count). The van der Waals surface area contributed by atoms with Crippen LogP contribution in [0.5, 0.6) is 0 Å². The first-order valence-electron chi connectivity index (χ1n) is 6.94. The van der Waals surface area contributed by atoms with Crippen LogP contribution in [0.3, 0.4) is 0 Å². The summed E-state index contributed by atoms with van der Waals surface area (Å²) in [7, 11) is 0. The molecule has 1 aliphatic heterocycles. The van der Waals surface area contributed by atoms with Gasteiger partial charge in [0.1, 0.15) is 12.2 Å². The first kappa shape index (κ1) is 12.4. The van der Waals surface area contributed by atoms with E-state index in [1.807, 2.05) is 6.33 Å². The minimum Gasteiger partial charge on any atom is -0.317 e. The molecular formula is C15H20N4. The average molecular weight is 256 g/mol. The third-order valence-corrected chi connectivity index (χ3v) is 3.89. The molecule has 0 unspecified atom stereocenters. The van der Waals surface area contributed by atoms with Gasteiger partial charge in [0.2, 0.25) is 0 Å². The summed E-state index contributed by atoms with van der Waals surface area (Å²) in [5, 5.41) is 11.9. The van der Waals surface area contributed by atoms with E-state index in [2.05, 4.69) is 52.1 Å². The fourth-order valence-electron chi connectivity index (χ4n) is 2.86. The second-order valence-electron chi connectivity index (χ2n) is 5.37. The van der Waals surface area contributed by atoms with Gasteiger partial charge < -0.3 is 5.32 Å². The summed E-state index contributed by atoms with van der Waals surface area (Å²) in [5.41, 5.74) is 3.76. The summed E-state index contributed by atoms with van der Waals surface area (Å²) in [6.07, 6.45) is 4.13. The van der Waals surface area contributed by atoms with Crippen molar-refractivity contribution in [2.45, 2.75) is 32.6 Å². The van der Waals surface area contributed by atoms with Crippen LogP contribution in [0.15, 0.2) is 24.5 Å². The number of rotatable bonds is 2. The van der Waals surface area contributed by atoms with E-state index >= 15 is 0 Å². The molecule has 1 aliphatic rings. The highest BCUT2D eigenvalue weighted by molar-refractivity contribution is 5.43. The fourth-order valence-corrected chi connectivity index (χ4v) is 2.86. The van der Waals surface area contributed by atoms with E-state index in [0.717, 1.165) is 31.8 Å². The molecule has 19 heavy (non-hydrogen) atoms. The lowest BCUT2D eigenvalue weighted by Crippen LogP contribution is -2.28. The van der Waals surface area contributed by atoms with E-state index in [0.29, 0.717) is 5.92 Å². The summed E-state index contributed by atoms with van der Waals surface area (Å²) >= 11 is 0. The Balaban J connectivity index is 1.99. The third kappa shape index (κ3) is 2.40. The highest BCUT2D eigenvalue weighted by atomic mass is 15.3. The van der Waals surface area contributed by atoms with Crippen LogP contribution >= 0.6 is 0 Å². The zero-order valence-electron chi connectivity index (χ0n) is 11.6. The predicted octanol–water partition coefficient (Wildman–Crippen LogP) is 2.35. The van der Waals surface area contributed by atoms with E-state index in [4.69, 9.17) is 0 Å². The molecule has 0 bridgehead atoms. The number of piperidine rings is 1. The Hall–Kier alpha value is -1.68. The SMILES string of the molecule is Cc1ccc(-n2cnnc2C2CCNCC2)c(C)c1. The number of aromatic nitrogens is 3. The van der Waals surface area contributed by atoms with Crippen molar-refractivity contribution in [2.24, 2.45) is 0 Å². The van der Waals surface area contributed by atoms with Crippen molar-refractivity contribution in [3.63, 3.8) is 0 Å². The Labute approximate surface area is 113 Å². The Morgan fingerprint density at radius 3 is 2.74 bits per heavy atom.